The number of carbonyl (C=O) groups excluding carboxylic acids is 1. The monoisotopic (exact) mass is 292 g/mol. The predicted molar refractivity (Wildman–Crippen MR) is 80.5 cm³/mol. The summed E-state index contributed by atoms with van der Waals surface area (Å²) in [6.07, 6.45) is 4.40. The van der Waals surface area contributed by atoms with E-state index in [-0.39, 0.29) is 0 Å². The molecule has 0 radical (unpaired) electrons. The molecule has 0 aliphatic carbocycles. The molecule has 0 amide bonds. The van der Waals surface area contributed by atoms with E-state index in [1.54, 1.807) is 37.5 Å². The fourth-order valence-corrected chi connectivity index (χ4v) is 2.16. The second-order valence-corrected chi connectivity index (χ2v) is 9.47. The van der Waals surface area contributed by atoms with Gasteiger partial charge in [-0.3, -0.25) is 0 Å². The average Bonchev–Trinajstić information content (AvgIpc) is 2.41. The highest BCUT2D eigenvalue weighted by Crippen LogP contribution is 2.12. The van der Waals surface area contributed by atoms with Crippen LogP contribution in [0.5, 0.6) is 0 Å². The first-order valence-corrected chi connectivity index (χ1v) is 9.68. The lowest BCUT2D eigenvalue weighted by atomic mass is 10.2. The van der Waals surface area contributed by atoms with Gasteiger partial charge in [-0.15, -0.1) is 0 Å². The summed E-state index contributed by atoms with van der Waals surface area (Å²) in [6, 6.07) is 8.79. The van der Waals surface area contributed by atoms with Gasteiger partial charge in [-0.1, -0.05) is 18.2 Å². The Balaban J connectivity index is 2.76. The van der Waals surface area contributed by atoms with E-state index >= 15 is 0 Å². The molecule has 1 rings (SSSR count). The molecule has 0 bridgehead atoms. The van der Waals surface area contributed by atoms with E-state index in [1.165, 1.54) is 12.5 Å². The van der Waals surface area contributed by atoms with Crippen molar-refractivity contribution in [2.24, 2.45) is 0 Å². The maximum absolute atomic E-state index is 11.8. The van der Waals surface area contributed by atoms with Crippen LogP contribution >= 0.6 is 0 Å². The molecule has 0 heterocycles. The molecule has 0 saturated carbocycles. The number of esters is 1. The molecule has 1 aromatic rings. The lowest BCUT2D eigenvalue weighted by Crippen LogP contribution is -2.24. The molecule has 0 atom stereocenters. The maximum Gasteiger partial charge on any atom is 0.343 e. The number of carbonyl (C=O) groups is 1. The molecule has 0 saturated heterocycles. The van der Waals surface area contributed by atoms with Crippen LogP contribution in [0.15, 0.2) is 54.7 Å². The number of hydrogen-bond donors (Lipinski definition) is 0. The molecule has 0 aliphatic heterocycles. The van der Waals surface area contributed by atoms with Crippen molar-refractivity contribution in [2.75, 3.05) is 7.11 Å². The zero-order valence-electron chi connectivity index (χ0n) is 12.3. The highest BCUT2D eigenvalue weighted by Gasteiger charge is 2.17. The van der Waals surface area contributed by atoms with Crippen molar-refractivity contribution < 1.29 is 18.7 Å². The SMILES string of the molecule is COC=CC(=COC(=O)c1ccccc1)O[Si](C)(C)C. The Kier molecular flexibility index (Phi) is 6.05. The Morgan fingerprint density at radius 2 is 1.80 bits per heavy atom. The number of rotatable bonds is 6. The first-order valence-electron chi connectivity index (χ1n) is 6.27. The Bertz CT molecular complexity index is 486. The number of methoxy groups -OCH3 is 1. The third-order valence-corrected chi connectivity index (χ3v) is 2.93. The molecule has 5 heteroatoms. The summed E-state index contributed by atoms with van der Waals surface area (Å²) >= 11 is 0. The molecule has 0 unspecified atom stereocenters. The topological polar surface area (TPSA) is 44.8 Å². The third-order valence-electron chi connectivity index (χ3n) is 2.08. The standard InChI is InChI=1S/C15H20O4Si/c1-17-11-10-14(19-20(2,3)4)12-18-15(16)13-8-6-5-7-9-13/h5-12H,1-4H3. The van der Waals surface area contributed by atoms with Crippen LogP contribution in [-0.2, 0) is 13.9 Å². The van der Waals surface area contributed by atoms with E-state index < -0.39 is 14.3 Å². The normalized spacial score (nSPS) is 12.3. The summed E-state index contributed by atoms with van der Waals surface area (Å²) in [7, 11) is -0.248. The van der Waals surface area contributed by atoms with Crippen molar-refractivity contribution in [3.05, 3.63) is 60.3 Å². The number of ether oxygens (including phenoxy) is 2. The fraction of sp³-hybridized carbons (Fsp3) is 0.267. The number of allylic oxidation sites excluding steroid dienone is 1. The summed E-state index contributed by atoms with van der Waals surface area (Å²) in [5.41, 5.74) is 0.492. The average molecular weight is 292 g/mol. The molecule has 20 heavy (non-hydrogen) atoms. The Hall–Kier alpha value is -2.01. The van der Waals surface area contributed by atoms with Crippen molar-refractivity contribution >= 4 is 14.3 Å². The van der Waals surface area contributed by atoms with E-state index in [2.05, 4.69) is 0 Å². The minimum atomic E-state index is -1.79. The number of benzene rings is 1. The van der Waals surface area contributed by atoms with Crippen LogP contribution in [0.3, 0.4) is 0 Å². The van der Waals surface area contributed by atoms with Gasteiger partial charge in [0.15, 0.2) is 0 Å². The van der Waals surface area contributed by atoms with Crippen molar-refractivity contribution in [3.63, 3.8) is 0 Å². The Labute approximate surface area is 120 Å². The number of hydrogen-bond acceptors (Lipinski definition) is 4. The summed E-state index contributed by atoms with van der Waals surface area (Å²) < 4.78 is 15.8. The van der Waals surface area contributed by atoms with Gasteiger partial charge in [0.05, 0.1) is 18.9 Å². The van der Waals surface area contributed by atoms with E-state index in [9.17, 15) is 4.79 Å². The third kappa shape index (κ3) is 6.24. The summed E-state index contributed by atoms with van der Waals surface area (Å²) in [5.74, 6) is 0.0448. The summed E-state index contributed by atoms with van der Waals surface area (Å²) in [6.45, 7) is 6.13. The van der Waals surface area contributed by atoms with Crippen LogP contribution in [0.1, 0.15) is 10.4 Å². The predicted octanol–water partition coefficient (Wildman–Crippen LogP) is 3.70. The van der Waals surface area contributed by atoms with Gasteiger partial charge >= 0.3 is 5.97 Å². The van der Waals surface area contributed by atoms with Gasteiger partial charge in [-0.2, -0.15) is 0 Å². The van der Waals surface area contributed by atoms with Crippen molar-refractivity contribution in [1.29, 1.82) is 0 Å². The highest BCUT2D eigenvalue weighted by atomic mass is 28.4. The molecule has 4 nitrogen and oxygen atoms in total. The van der Waals surface area contributed by atoms with E-state index in [4.69, 9.17) is 13.9 Å². The molecule has 0 spiro atoms. The Morgan fingerprint density at radius 3 is 2.35 bits per heavy atom. The summed E-state index contributed by atoms with van der Waals surface area (Å²) in [5, 5.41) is 0. The van der Waals surface area contributed by atoms with E-state index in [0.29, 0.717) is 11.3 Å². The van der Waals surface area contributed by atoms with Crippen molar-refractivity contribution in [2.45, 2.75) is 19.6 Å². The van der Waals surface area contributed by atoms with E-state index in [1.807, 2.05) is 25.7 Å². The lowest BCUT2D eigenvalue weighted by Gasteiger charge is -2.19. The molecular formula is C15H20O4Si. The van der Waals surface area contributed by atoms with Gasteiger partial charge in [0.2, 0.25) is 8.32 Å². The molecule has 0 N–H and O–H groups in total. The molecule has 0 aliphatic rings. The second kappa shape index (κ2) is 7.55. The second-order valence-electron chi connectivity index (χ2n) is 5.04. The van der Waals surface area contributed by atoms with Crippen LogP contribution in [0.4, 0.5) is 0 Å². The van der Waals surface area contributed by atoms with Gasteiger partial charge in [-0.25, -0.2) is 4.79 Å². The molecular weight excluding hydrogens is 272 g/mol. The first kappa shape index (κ1) is 16.0. The van der Waals surface area contributed by atoms with E-state index in [0.717, 1.165) is 0 Å². The smallest absolute Gasteiger partial charge is 0.343 e. The molecule has 1 aromatic carbocycles. The molecule has 108 valence electrons. The van der Waals surface area contributed by atoms with Gasteiger partial charge in [0, 0.05) is 6.08 Å². The van der Waals surface area contributed by atoms with Crippen molar-refractivity contribution in [1.82, 2.24) is 0 Å². The zero-order chi connectivity index (χ0) is 15.0. The van der Waals surface area contributed by atoms with Gasteiger partial charge in [0.25, 0.3) is 0 Å². The lowest BCUT2D eigenvalue weighted by molar-refractivity contribution is 0.0654. The highest BCUT2D eigenvalue weighted by molar-refractivity contribution is 6.70. The van der Waals surface area contributed by atoms with Gasteiger partial charge in [0.1, 0.15) is 12.0 Å². The van der Waals surface area contributed by atoms with Crippen LogP contribution in [0.2, 0.25) is 19.6 Å². The van der Waals surface area contributed by atoms with Gasteiger partial charge < -0.3 is 13.9 Å². The zero-order valence-corrected chi connectivity index (χ0v) is 13.3. The van der Waals surface area contributed by atoms with Crippen LogP contribution < -0.4 is 0 Å². The minimum Gasteiger partial charge on any atom is -0.542 e. The Morgan fingerprint density at radius 1 is 1.15 bits per heavy atom. The molecule has 0 fully saturated rings. The minimum absolute atomic E-state index is 0.423. The van der Waals surface area contributed by atoms with Crippen molar-refractivity contribution in [3.8, 4) is 0 Å². The summed E-state index contributed by atoms with van der Waals surface area (Å²) in [4.78, 5) is 11.8. The maximum atomic E-state index is 11.8. The van der Waals surface area contributed by atoms with Gasteiger partial charge in [-0.05, 0) is 31.8 Å². The van der Waals surface area contributed by atoms with Crippen LogP contribution in [0, 0.1) is 0 Å². The fourth-order valence-electron chi connectivity index (χ4n) is 1.34. The largest absolute Gasteiger partial charge is 0.542 e. The van der Waals surface area contributed by atoms with Crippen LogP contribution in [0.25, 0.3) is 0 Å². The molecule has 0 aromatic heterocycles. The van der Waals surface area contributed by atoms with Crippen LogP contribution in [-0.4, -0.2) is 21.4 Å². The first-order chi connectivity index (χ1) is 9.42. The quantitative estimate of drug-likeness (QED) is 0.347.